The van der Waals surface area contributed by atoms with Crippen LogP contribution in [0.2, 0.25) is 0 Å². The number of rotatable bonds is 1. The lowest BCUT2D eigenvalue weighted by atomic mass is 9.64. The van der Waals surface area contributed by atoms with E-state index in [2.05, 4.69) is 26.8 Å². The highest BCUT2D eigenvalue weighted by molar-refractivity contribution is 5.20. The average Bonchev–Trinajstić information content (AvgIpc) is 2.17. The first kappa shape index (κ1) is 11.2. The smallest absolute Gasteiger partial charge is 0.0723 e. The van der Waals surface area contributed by atoms with Gasteiger partial charge in [0.25, 0.3) is 0 Å². The van der Waals surface area contributed by atoms with Gasteiger partial charge in [0.1, 0.15) is 0 Å². The van der Waals surface area contributed by atoms with E-state index in [0.717, 1.165) is 30.1 Å². The van der Waals surface area contributed by atoms with Gasteiger partial charge in [0.15, 0.2) is 0 Å². The van der Waals surface area contributed by atoms with Crippen LogP contribution in [0, 0.1) is 23.7 Å². The van der Waals surface area contributed by atoms with Crippen LogP contribution in [0.5, 0.6) is 0 Å². The van der Waals surface area contributed by atoms with E-state index in [4.69, 9.17) is 0 Å². The summed E-state index contributed by atoms with van der Waals surface area (Å²) in [7, 11) is 0. The van der Waals surface area contributed by atoms with Gasteiger partial charge in [-0.15, -0.1) is 0 Å². The Kier molecular flexibility index (Phi) is 3.20. The van der Waals surface area contributed by atoms with Crippen LogP contribution in [0.4, 0.5) is 0 Å². The summed E-state index contributed by atoms with van der Waals surface area (Å²) in [5.74, 6) is 3.07. The molecule has 0 saturated heterocycles. The van der Waals surface area contributed by atoms with Gasteiger partial charge in [-0.05, 0) is 49.4 Å². The monoisotopic (exact) mass is 208 g/mol. The molecular formula is C14H24O. The Morgan fingerprint density at radius 3 is 2.60 bits per heavy atom. The van der Waals surface area contributed by atoms with Crippen LogP contribution in [0.1, 0.15) is 46.5 Å². The molecule has 0 spiro atoms. The Morgan fingerprint density at radius 1 is 1.20 bits per heavy atom. The topological polar surface area (TPSA) is 20.2 Å². The molecule has 0 amide bonds. The van der Waals surface area contributed by atoms with E-state index in [0.29, 0.717) is 0 Å². The quantitative estimate of drug-likeness (QED) is 0.655. The minimum atomic E-state index is -0.164. The van der Waals surface area contributed by atoms with Crippen molar-refractivity contribution in [1.82, 2.24) is 0 Å². The molecule has 86 valence electrons. The van der Waals surface area contributed by atoms with Crippen LogP contribution in [0.25, 0.3) is 0 Å². The summed E-state index contributed by atoms with van der Waals surface area (Å²) in [5, 5.41) is 9.76. The summed E-state index contributed by atoms with van der Waals surface area (Å²) in [4.78, 5) is 0. The zero-order chi connectivity index (χ0) is 11.0. The maximum atomic E-state index is 9.76. The van der Waals surface area contributed by atoms with Crippen LogP contribution in [-0.2, 0) is 0 Å². The summed E-state index contributed by atoms with van der Waals surface area (Å²) in [6, 6.07) is 0. The maximum Gasteiger partial charge on any atom is 0.0723 e. The first-order valence-electron chi connectivity index (χ1n) is 6.49. The Bertz CT molecular complexity index is 254. The highest BCUT2D eigenvalue weighted by Crippen LogP contribution is 2.45. The second kappa shape index (κ2) is 4.29. The molecule has 1 heteroatoms. The Labute approximate surface area is 93.6 Å². The molecule has 1 nitrogen and oxygen atoms in total. The van der Waals surface area contributed by atoms with Crippen LogP contribution >= 0.6 is 0 Å². The molecule has 15 heavy (non-hydrogen) atoms. The molecule has 4 atom stereocenters. The van der Waals surface area contributed by atoms with Crippen molar-refractivity contribution in [3.05, 3.63) is 11.6 Å². The summed E-state index contributed by atoms with van der Waals surface area (Å²) in [6.45, 7) is 7.02. The average molecular weight is 208 g/mol. The fraction of sp³-hybridized carbons (Fsp3) is 0.857. The van der Waals surface area contributed by atoms with Gasteiger partial charge in [0.2, 0.25) is 0 Å². The Morgan fingerprint density at radius 2 is 1.93 bits per heavy atom. The van der Waals surface area contributed by atoms with Gasteiger partial charge in [-0.2, -0.15) is 0 Å². The Balaban J connectivity index is 2.24. The molecule has 1 N–H and O–H groups in total. The normalized spacial score (nSPS) is 41.3. The molecule has 0 bridgehead atoms. The third-order valence-electron chi connectivity index (χ3n) is 4.44. The van der Waals surface area contributed by atoms with Crippen molar-refractivity contribution in [2.45, 2.75) is 52.6 Å². The van der Waals surface area contributed by atoms with E-state index in [1.54, 1.807) is 5.57 Å². The van der Waals surface area contributed by atoms with Crippen LogP contribution in [0.15, 0.2) is 11.6 Å². The first-order valence-corrected chi connectivity index (χ1v) is 6.49. The minimum absolute atomic E-state index is 0.164. The highest BCUT2D eigenvalue weighted by Gasteiger charge is 2.36. The van der Waals surface area contributed by atoms with Gasteiger partial charge < -0.3 is 5.11 Å². The van der Waals surface area contributed by atoms with Gasteiger partial charge in [-0.3, -0.25) is 0 Å². The zero-order valence-corrected chi connectivity index (χ0v) is 10.2. The van der Waals surface area contributed by atoms with Crippen molar-refractivity contribution in [3.63, 3.8) is 0 Å². The van der Waals surface area contributed by atoms with Gasteiger partial charge in [0, 0.05) is 0 Å². The SMILES string of the molecule is CC(C)[C@H]1CC[C@@H](C)[C@@H]2CC[C@H](O)C=C21. The number of hydrogen-bond acceptors (Lipinski definition) is 1. The lowest BCUT2D eigenvalue weighted by Gasteiger charge is -2.42. The van der Waals surface area contributed by atoms with Gasteiger partial charge in [-0.25, -0.2) is 0 Å². The van der Waals surface area contributed by atoms with Crippen LogP contribution in [0.3, 0.4) is 0 Å². The van der Waals surface area contributed by atoms with E-state index in [9.17, 15) is 5.11 Å². The molecule has 0 heterocycles. The molecular weight excluding hydrogens is 184 g/mol. The third kappa shape index (κ3) is 2.13. The van der Waals surface area contributed by atoms with Crippen molar-refractivity contribution >= 4 is 0 Å². The molecule has 0 radical (unpaired) electrons. The molecule has 0 aromatic rings. The standard InChI is InChI=1S/C14H24O/c1-9(2)12-6-4-10(3)13-7-5-11(15)8-14(12)13/h8-13,15H,4-7H2,1-3H3/t10-,11+,12-,13+/m1/s1. The summed E-state index contributed by atoms with van der Waals surface area (Å²) in [6.07, 6.45) is 6.90. The number of allylic oxidation sites excluding steroid dienone is 1. The largest absolute Gasteiger partial charge is 0.389 e. The fourth-order valence-electron chi connectivity index (χ4n) is 3.49. The molecule has 2 aliphatic carbocycles. The lowest BCUT2D eigenvalue weighted by molar-refractivity contribution is 0.149. The molecule has 0 aromatic heterocycles. The van der Waals surface area contributed by atoms with Crippen molar-refractivity contribution < 1.29 is 5.11 Å². The molecule has 2 rings (SSSR count). The Hall–Kier alpha value is -0.300. The van der Waals surface area contributed by atoms with Crippen molar-refractivity contribution in [3.8, 4) is 0 Å². The second-order valence-electron chi connectivity index (χ2n) is 5.82. The third-order valence-corrected chi connectivity index (χ3v) is 4.44. The number of fused-ring (bicyclic) bond motifs is 1. The van der Waals surface area contributed by atoms with Gasteiger partial charge in [0.05, 0.1) is 6.10 Å². The fourth-order valence-corrected chi connectivity index (χ4v) is 3.49. The summed E-state index contributed by atoms with van der Waals surface area (Å²) < 4.78 is 0. The first-order chi connectivity index (χ1) is 7.09. The maximum absolute atomic E-state index is 9.76. The molecule has 1 saturated carbocycles. The summed E-state index contributed by atoms with van der Waals surface area (Å²) >= 11 is 0. The van der Waals surface area contributed by atoms with E-state index < -0.39 is 0 Å². The lowest BCUT2D eigenvalue weighted by Crippen LogP contribution is -2.33. The highest BCUT2D eigenvalue weighted by atomic mass is 16.3. The van der Waals surface area contributed by atoms with E-state index in [1.165, 1.54) is 19.3 Å². The van der Waals surface area contributed by atoms with Crippen molar-refractivity contribution in [2.24, 2.45) is 23.7 Å². The van der Waals surface area contributed by atoms with Crippen LogP contribution in [-0.4, -0.2) is 11.2 Å². The molecule has 1 fully saturated rings. The van der Waals surface area contributed by atoms with E-state index in [-0.39, 0.29) is 6.10 Å². The summed E-state index contributed by atoms with van der Waals surface area (Å²) in [5.41, 5.74) is 1.59. The van der Waals surface area contributed by atoms with Crippen molar-refractivity contribution in [1.29, 1.82) is 0 Å². The van der Waals surface area contributed by atoms with E-state index in [1.807, 2.05) is 0 Å². The number of hydrogen-bond donors (Lipinski definition) is 1. The zero-order valence-electron chi connectivity index (χ0n) is 10.2. The van der Waals surface area contributed by atoms with Gasteiger partial charge in [-0.1, -0.05) is 32.4 Å². The van der Waals surface area contributed by atoms with Gasteiger partial charge >= 0.3 is 0 Å². The molecule has 0 unspecified atom stereocenters. The molecule has 2 aliphatic rings. The number of aliphatic hydroxyl groups is 1. The van der Waals surface area contributed by atoms with Crippen molar-refractivity contribution in [2.75, 3.05) is 0 Å². The van der Waals surface area contributed by atoms with Crippen LogP contribution < -0.4 is 0 Å². The minimum Gasteiger partial charge on any atom is -0.389 e. The predicted molar refractivity (Wildman–Crippen MR) is 63.5 cm³/mol. The van der Waals surface area contributed by atoms with E-state index >= 15 is 0 Å². The molecule has 0 aromatic carbocycles. The predicted octanol–water partition coefficient (Wildman–Crippen LogP) is 3.39. The number of aliphatic hydroxyl groups excluding tert-OH is 1. The molecule has 0 aliphatic heterocycles. The second-order valence-corrected chi connectivity index (χ2v) is 5.82.